The van der Waals surface area contributed by atoms with Gasteiger partial charge in [-0.3, -0.25) is 0 Å². The normalized spacial score (nSPS) is 30.8. The molecule has 3 nitrogen and oxygen atoms in total. The average Bonchev–Trinajstić information content (AvgIpc) is 2.30. The fourth-order valence-corrected chi connectivity index (χ4v) is 2.06. The van der Waals surface area contributed by atoms with Gasteiger partial charge in [0, 0.05) is 13.5 Å². The Kier molecular flexibility index (Phi) is 3.59. The van der Waals surface area contributed by atoms with E-state index in [1.807, 2.05) is 37.3 Å². The van der Waals surface area contributed by atoms with Crippen LogP contribution in [-0.4, -0.2) is 30.5 Å². The molecule has 4 atom stereocenters. The Morgan fingerprint density at radius 1 is 1.31 bits per heavy atom. The third kappa shape index (κ3) is 2.26. The Morgan fingerprint density at radius 2 is 2.00 bits per heavy atom. The quantitative estimate of drug-likeness (QED) is 0.845. The molecule has 0 spiro atoms. The van der Waals surface area contributed by atoms with Crippen LogP contribution < -0.4 is 0 Å². The summed E-state index contributed by atoms with van der Waals surface area (Å²) in [5.74, 6) is 0. The number of methoxy groups -OCH3 is 1. The van der Waals surface area contributed by atoms with Gasteiger partial charge in [0.1, 0.15) is 6.10 Å². The first-order chi connectivity index (χ1) is 7.72. The van der Waals surface area contributed by atoms with Crippen molar-refractivity contribution in [2.45, 2.75) is 37.8 Å². The molecule has 0 saturated heterocycles. The number of aliphatic hydroxyl groups excluding tert-OH is 1. The summed E-state index contributed by atoms with van der Waals surface area (Å²) < 4.78 is 11.0. The molecule has 1 fully saturated rings. The number of rotatable bonds is 4. The summed E-state index contributed by atoms with van der Waals surface area (Å²) in [5, 5.41) is 9.46. The smallest absolute Gasteiger partial charge is 0.109 e. The second-order valence-corrected chi connectivity index (χ2v) is 4.23. The molecule has 0 radical (unpaired) electrons. The van der Waals surface area contributed by atoms with Gasteiger partial charge >= 0.3 is 0 Å². The summed E-state index contributed by atoms with van der Waals surface area (Å²) in [4.78, 5) is 0. The molecule has 0 aromatic heterocycles. The molecule has 1 saturated carbocycles. The van der Waals surface area contributed by atoms with Crippen LogP contribution in [0.2, 0.25) is 0 Å². The molecule has 2 rings (SSSR count). The van der Waals surface area contributed by atoms with Crippen molar-refractivity contribution < 1.29 is 14.6 Å². The SMILES string of the molecule is COC1C(O)CC1OC(C)c1ccccc1. The molecule has 1 aromatic rings. The summed E-state index contributed by atoms with van der Waals surface area (Å²) >= 11 is 0. The van der Waals surface area contributed by atoms with Crippen LogP contribution in [0.15, 0.2) is 30.3 Å². The maximum absolute atomic E-state index is 9.46. The largest absolute Gasteiger partial charge is 0.390 e. The van der Waals surface area contributed by atoms with E-state index < -0.39 is 0 Å². The summed E-state index contributed by atoms with van der Waals surface area (Å²) in [6.45, 7) is 2.02. The molecular weight excluding hydrogens is 204 g/mol. The molecule has 88 valence electrons. The van der Waals surface area contributed by atoms with Gasteiger partial charge < -0.3 is 14.6 Å². The van der Waals surface area contributed by atoms with Crippen molar-refractivity contribution in [2.24, 2.45) is 0 Å². The van der Waals surface area contributed by atoms with E-state index in [0.29, 0.717) is 6.42 Å². The van der Waals surface area contributed by atoms with Crippen molar-refractivity contribution >= 4 is 0 Å². The maximum Gasteiger partial charge on any atom is 0.109 e. The first-order valence-electron chi connectivity index (χ1n) is 5.63. The van der Waals surface area contributed by atoms with Crippen molar-refractivity contribution in [2.75, 3.05) is 7.11 Å². The van der Waals surface area contributed by atoms with Gasteiger partial charge in [0.2, 0.25) is 0 Å². The van der Waals surface area contributed by atoms with E-state index in [0.717, 1.165) is 5.56 Å². The minimum absolute atomic E-state index is 0.00945. The summed E-state index contributed by atoms with van der Waals surface area (Å²) in [7, 11) is 1.61. The third-order valence-corrected chi connectivity index (χ3v) is 3.14. The Balaban J connectivity index is 1.91. The third-order valence-electron chi connectivity index (χ3n) is 3.14. The van der Waals surface area contributed by atoms with Gasteiger partial charge in [-0.25, -0.2) is 0 Å². The zero-order valence-electron chi connectivity index (χ0n) is 9.67. The Bertz CT molecular complexity index is 325. The lowest BCUT2D eigenvalue weighted by Gasteiger charge is -2.41. The minimum Gasteiger partial charge on any atom is -0.390 e. The molecule has 0 bridgehead atoms. The van der Waals surface area contributed by atoms with Crippen molar-refractivity contribution in [3.63, 3.8) is 0 Å². The number of aliphatic hydroxyl groups is 1. The van der Waals surface area contributed by atoms with Crippen LogP contribution in [0.3, 0.4) is 0 Å². The van der Waals surface area contributed by atoms with Crippen LogP contribution in [0.25, 0.3) is 0 Å². The van der Waals surface area contributed by atoms with Crippen LogP contribution >= 0.6 is 0 Å². The molecule has 1 aliphatic rings. The first kappa shape index (κ1) is 11.6. The molecule has 1 N–H and O–H groups in total. The second-order valence-electron chi connectivity index (χ2n) is 4.23. The monoisotopic (exact) mass is 222 g/mol. The van der Waals surface area contributed by atoms with Crippen LogP contribution in [-0.2, 0) is 9.47 Å². The number of benzene rings is 1. The van der Waals surface area contributed by atoms with Crippen molar-refractivity contribution in [3.8, 4) is 0 Å². The zero-order chi connectivity index (χ0) is 11.5. The number of hydrogen-bond donors (Lipinski definition) is 1. The Morgan fingerprint density at radius 3 is 2.56 bits per heavy atom. The zero-order valence-corrected chi connectivity index (χ0v) is 9.67. The molecule has 16 heavy (non-hydrogen) atoms. The van der Waals surface area contributed by atoms with E-state index in [9.17, 15) is 5.11 Å². The standard InChI is InChI=1S/C13H18O3/c1-9(10-6-4-3-5-7-10)16-12-8-11(14)13(12)15-2/h3-7,9,11-14H,8H2,1-2H3. The highest BCUT2D eigenvalue weighted by molar-refractivity contribution is 5.17. The molecule has 3 heteroatoms. The topological polar surface area (TPSA) is 38.7 Å². The fourth-order valence-electron chi connectivity index (χ4n) is 2.06. The van der Waals surface area contributed by atoms with E-state index in [4.69, 9.17) is 9.47 Å². The van der Waals surface area contributed by atoms with Gasteiger partial charge in [-0.2, -0.15) is 0 Å². The van der Waals surface area contributed by atoms with Gasteiger partial charge in [0.15, 0.2) is 0 Å². The molecule has 0 aliphatic heterocycles. The van der Waals surface area contributed by atoms with E-state index in [1.54, 1.807) is 7.11 Å². The van der Waals surface area contributed by atoms with Gasteiger partial charge in [-0.1, -0.05) is 30.3 Å². The van der Waals surface area contributed by atoms with Gasteiger partial charge in [0.25, 0.3) is 0 Å². The predicted octanol–water partition coefficient (Wildman–Crippen LogP) is 1.91. The highest BCUT2D eigenvalue weighted by atomic mass is 16.6. The second kappa shape index (κ2) is 4.95. The molecule has 1 aromatic carbocycles. The fraction of sp³-hybridized carbons (Fsp3) is 0.538. The highest BCUT2D eigenvalue weighted by Gasteiger charge is 2.42. The summed E-state index contributed by atoms with van der Waals surface area (Å²) in [5.41, 5.74) is 1.15. The van der Waals surface area contributed by atoms with E-state index >= 15 is 0 Å². The van der Waals surface area contributed by atoms with Crippen LogP contribution in [0.5, 0.6) is 0 Å². The number of ether oxygens (including phenoxy) is 2. The summed E-state index contributed by atoms with van der Waals surface area (Å²) in [6, 6.07) is 10.1. The lowest BCUT2D eigenvalue weighted by molar-refractivity contribution is -0.196. The molecule has 1 aliphatic carbocycles. The van der Waals surface area contributed by atoms with Crippen LogP contribution in [0.4, 0.5) is 0 Å². The van der Waals surface area contributed by atoms with E-state index in [1.165, 1.54) is 0 Å². The average molecular weight is 222 g/mol. The highest BCUT2D eigenvalue weighted by Crippen LogP contribution is 2.31. The Hall–Kier alpha value is -0.900. The maximum atomic E-state index is 9.46. The van der Waals surface area contributed by atoms with Gasteiger partial charge in [-0.05, 0) is 12.5 Å². The van der Waals surface area contributed by atoms with Crippen molar-refractivity contribution in [3.05, 3.63) is 35.9 Å². The molecule has 4 unspecified atom stereocenters. The first-order valence-corrected chi connectivity index (χ1v) is 5.63. The van der Waals surface area contributed by atoms with Gasteiger partial charge in [0.05, 0.1) is 18.3 Å². The minimum atomic E-state index is -0.377. The Labute approximate surface area is 96.0 Å². The predicted molar refractivity (Wildman–Crippen MR) is 61.2 cm³/mol. The van der Waals surface area contributed by atoms with Crippen LogP contribution in [0.1, 0.15) is 25.0 Å². The van der Waals surface area contributed by atoms with E-state index in [2.05, 4.69) is 0 Å². The van der Waals surface area contributed by atoms with Crippen LogP contribution in [0, 0.1) is 0 Å². The number of hydrogen-bond acceptors (Lipinski definition) is 3. The van der Waals surface area contributed by atoms with Crippen molar-refractivity contribution in [1.29, 1.82) is 0 Å². The molecule has 0 amide bonds. The van der Waals surface area contributed by atoms with Gasteiger partial charge in [-0.15, -0.1) is 0 Å². The lowest BCUT2D eigenvalue weighted by Crippen LogP contribution is -2.53. The molecule has 0 heterocycles. The lowest BCUT2D eigenvalue weighted by atomic mass is 9.88. The molecular formula is C13H18O3. The van der Waals surface area contributed by atoms with E-state index in [-0.39, 0.29) is 24.4 Å². The summed E-state index contributed by atoms with van der Waals surface area (Å²) in [6.07, 6.45) is 0.158. The van der Waals surface area contributed by atoms with Crippen molar-refractivity contribution in [1.82, 2.24) is 0 Å².